The Hall–Kier alpha value is -2.22. The summed E-state index contributed by atoms with van der Waals surface area (Å²) in [6.07, 6.45) is 1.93. The van der Waals surface area contributed by atoms with Gasteiger partial charge in [-0.2, -0.15) is 0 Å². The third kappa shape index (κ3) is 1.49. The monoisotopic (exact) mass is 250 g/mol. The summed E-state index contributed by atoms with van der Waals surface area (Å²) < 4.78 is 6.06. The fourth-order valence-corrected chi connectivity index (χ4v) is 2.99. The standard InChI is InChI=1S/C17H14O2/c1-10-2-5-14-15-6-3-11-9-12(18)4-7-13(11)17(15)19-16(14)8-10/h2,4-5,7-9,18H,3,6H2,1H3. The lowest BCUT2D eigenvalue weighted by molar-refractivity contribution is 0.474. The van der Waals surface area contributed by atoms with E-state index in [2.05, 4.69) is 25.1 Å². The van der Waals surface area contributed by atoms with Crippen molar-refractivity contribution >= 4 is 11.0 Å². The minimum Gasteiger partial charge on any atom is -0.508 e. The van der Waals surface area contributed by atoms with Crippen LogP contribution in [0, 0.1) is 6.92 Å². The van der Waals surface area contributed by atoms with Gasteiger partial charge >= 0.3 is 0 Å². The van der Waals surface area contributed by atoms with Crippen molar-refractivity contribution in [3.8, 4) is 17.1 Å². The first kappa shape index (κ1) is 10.7. The molecular weight excluding hydrogens is 236 g/mol. The molecule has 0 amide bonds. The Morgan fingerprint density at radius 1 is 1.05 bits per heavy atom. The van der Waals surface area contributed by atoms with Gasteiger partial charge in [0, 0.05) is 16.5 Å². The van der Waals surface area contributed by atoms with Gasteiger partial charge < -0.3 is 9.52 Å². The van der Waals surface area contributed by atoms with Crippen molar-refractivity contribution < 1.29 is 9.52 Å². The lowest BCUT2D eigenvalue weighted by Crippen LogP contribution is -2.01. The highest BCUT2D eigenvalue weighted by molar-refractivity contribution is 5.90. The van der Waals surface area contributed by atoms with Crippen LogP contribution in [0.4, 0.5) is 0 Å². The number of hydrogen-bond donors (Lipinski definition) is 1. The molecule has 1 aromatic heterocycles. The maximum absolute atomic E-state index is 9.58. The van der Waals surface area contributed by atoms with Crippen LogP contribution >= 0.6 is 0 Å². The predicted octanol–water partition coefficient (Wildman–Crippen LogP) is 4.21. The zero-order chi connectivity index (χ0) is 13.0. The minimum absolute atomic E-state index is 0.328. The molecule has 0 atom stereocenters. The smallest absolute Gasteiger partial charge is 0.138 e. The van der Waals surface area contributed by atoms with Crippen LogP contribution in [0.5, 0.6) is 5.75 Å². The highest BCUT2D eigenvalue weighted by Crippen LogP contribution is 2.40. The van der Waals surface area contributed by atoms with E-state index >= 15 is 0 Å². The molecule has 1 aliphatic rings. The maximum Gasteiger partial charge on any atom is 0.138 e. The molecule has 2 heteroatoms. The van der Waals surface area contributed by atoms with Crippen LogP contribution in [0.25, 0.3) is 22.3 Å². The van der Waals surface area contributed by atoms with Crippen molar-refractivity contribution in [3.63, 3.8) is 0 Å². The molecule has 94 valence electrons. The van der Waals surface area contributed by atoms with Gasteiger partial charge in [0.05, 0.1) is 0 Å². The van der Waals surface area contributed by atoms with Crippen LogP contribution < -0.4 is 0 Å². The quantitative estimate of drug-likeness (QED) is 0.648. The van der Waals surface area contributed by atoms with Crippen molar-refractivity contribution in [2.45, 2.75) is 19.8 Å². The summed E-state index contributed by atoms with van der Waals surface area (Å²) in [6.45, 7) is 2.08. The van der Waals surface area contributed by atoms with Crippen LogP contribution in [-0.2, 0) is 12.8 Å². The van der Waals surface area contributed by atoms with Gasteiger partial charge in [0.15, 0.2) is 0 Å². The van der Waals surface area contributed by atoms with Crippen molar-refractivity contribution in [2.75, 3.05) is 0 Å². The van der Waals surface area contributed by atoms with E-state index in [1.54, 1.807) is 6.07 Å². The Balaban J connectivity index is 2.04. The van der Waals surface area contributed by atoms with Crippen LogP contribution in [0.1, 0.15) is 16.7 Å². The van der Waals surface area contributed by atoms with Gasteiger partial charge in [-0.3, -0.25) is 0 Å². The molecule has 0 saturated carbocycles. The van der Waals surface area contributed by atoms with E-state index in [0.29, 0.717) is 5.75 Å². The summed E-state index contributed by atoms with van der Waals surface area (Å²) >= 11 is 0. The molecule has 4 rings (SSSR count). The van der Waals surface area contributed by atoms with Crippen LogP contribution in [0.2, 0.25) is 0 Å². The van der Waals surface area contributed by atoms with Gasteiger partial charge in [-0.1, -0.05) is 12.1 Å². The SMILES string of the molecule is Cc1ccc2c3c(oc2c1)-c1ccc(O)cc1CC3. The summed E-state index contributed by atoms with van der Waals surface area (Å²) in [5.74, 6) is 1.30. The first-order valence-electron chi connectivity index (χ1n) is 6.57. The van der Waals surface area contributed by atoms with Gasteiger partial charge in [0.25, 0.3) is 0 Å². The average Bonchev–Trinajstić information content (AvgIpc) is 2.75. The first-order chi connectivity index (χ1) is 9.22. The zero-order valence-corrected chi connectivity index (χ0v) is 10.7. The summed E-state index contributed by atoms with van der Waals surface area (Å²) in [6, 6.07) is 11.9. The molecule has 19 heavy (non-hydrogen) atoms. The number of fused-ring (bicyclic) bond motifs is 5. The molecule has 0 radical (unpaired) electrons. The third-order valence-corrected chi connectivity index (χ3v) is 3.93. The minimum atomic E-state index is 0.328. The van der Waals surface area contributed by atoms with Gasteiger partial charge in [-0.05, 0) is 55.2 Å². The fourth-order valence-electron chi connectivity index (χ4n) is 2.99. The molecule has 2 aromatic carbocycles. The summed E-state index contributed by atoms with van der Waals surface area (Å²) in [5, 5.41) is 10.8. The van der Waals surface area contributed by atoms with E-state index in [1.165, 1.54) is 22.1 Å². The number of hydrogen-bond acceptors (Lipinski definition) is 2. The Morgan fingerprint density at radius 2 is 1.95 bits per heavy atom. The molecular formula is C17H14O2. The van der Waals surface area contributed by atoms with Crippen molar-refractivity contribution in [3.05, 3.63) is 53.1 Å². The predicted molar refractivity (Wildman–Crippen MR) is 75.5 cm³/mol. The Labute approximate surface area is 111 Å². The van der Waals surface area contributed by atoms with Crippen molar-refractivity contribution in [1.82, 2.24) is 0 Å². The lowest BCUT2D eigenvalue weighted by Gasteiger charge is -2.15. The van der Waals surface area contributed by atoms with Crippen LogP contribution in [0.15, 0.2) is 40.8 Å². The van der Waals surface area contributed by atoms with E-state index in [0.717, 1.165) is 29.7 Å². The number of rotatable bonds is 0. The molecule has 0 aliphatic heterocycles. The third-order valence-electron chi connectivity index (χ3n) is 3.93. The summed E-state index contributed by atoms with van der Waals surface area (Å²) in [7, 11) is 0. The molecule has 0 fully saturated rings. The topological polar surface area (TPSA) is 33.4 Å². The van der Waals surface area contributed by atoms with Gasteiger partial charge in [-0.15, -0.1) is 0 Å². The molecule has 0 spiro atoms. The van der Waals surface area contributed by atoms with E-state index in [-0.39, 0.29) is 0 Å². The number of benzene rings is 2. The molecule has 1 aliphatic carbocycles. The van der Waals surface area contributed by atoms with Crippen LogP contribution in [0.3, 0.4) is 0 Å². The molecule has 1 N–H and O–H groups in total. The molecule has 0 unspecified atom stereocenters. The van der Waals surface area contributed by atoms with Crippen molar-refractivity contribution in [2.24, 2.45) is 0 Å². The second-order valence-corrected chi connectivity index (χ2v) is 5.25. The van der Waals surface area contributed by atoms with Gasteiger partial charge in [0.2, 0.25) is 0 Å². The van der Waals surface area contributed by atoms with Gasteiger partial charge in [0.1, 0.15) is 17.1 Å². The zero-order valence-electron chi connectivity index (χ0n) is 10.7. The van der Waals surface area contributed by atoms with E-state index in [4.69, 9.17) is 4.42 Å². The number of furan rings is 1. The van der Waals surface area contributed by atoms with E-state index in [9.17, 15) is 5.11 Å². The van der Waals surface area contributed by atoms with Crippen molar-refractivity contribution in [1.29, 1.82) is 0 Å². The number of aromatic hydroxyl groups is 1. The number of phenolic OH excluding ortho intramolecular Hbond substituents is 1. The van der Waals surface area contributed by atoms with E-state index < -0.39 is 0 Å². The first-order valence-corrected chi connectivity index (χ1v) is 6.57. The molecule has 1 heterocycles. The number of aryl methyl sites for hydroxylation is 3. The molecule has 0 saturated heterocycles. The lowest BCUT2D eigenvalue weighted by atomic mass is 9.89. The molecule has 3 aromatic rings. The average molecular weight is 250 g/mol. The second kappa shape index (κ2) is 3.64. The Morgan fingerprint density at radius 3 is 2.84 bits per heavy atom. The largest absolute Gasteiger partial charge is 0.508 e. The van der Waals surface area contributed by atoms with Gasteiger partial charge in [-0.25, -0.2) is 0 Å². The number of phenols is 1. The Bertz CT molecular complexity index is 796. The normalized spacial score (nSPS) is 13.3. The fraction of sp³-hybridized carbons (Fsp3) is 0.176. The maximum atomic E-state index is 9.58. The van der Waals surface area contributed by atoms with E-state index in [1.807, 2.05) is 12.1 Å². The highest BCUT2D eigenvalue weighted by Gasteiger charge is 2.22. The molecule has 2 nitrogen and oxygen atoms in total. The molecule has 0 bridgehead atoms. The summed E-state index contributed by atoms with van der Waals surface area (Å²) in [4.78, 5) is 0. The van der Waals surface area contributed by atoms with Crippen LogP contribution in [-0.4, -0.2) is 5.11 Å². The Kier molecular flexibility index (Phi) is 2.05. The second-order valence-electron chi connectivity index (χ2n) is 5.25. The summed E-state index contributed by atoms with van der Waals surface area (Å²) in [5.41, 5.74) is 5.76. The highest BCUT2D eigenvalue weighted by atomic mass is 16.3.